The first-order valence-corrected chi connectivity index (χ1v) is 3.74. The van der Waals surface area contributed by atoms with Gasteiger partial charge in [0, 0.05) is 5.56 Å². The van der Waals surface area contributed by atoms with Crippen molar-refractivity contribution in [1.82, 2.24) is 9.97 Å². The molecule has 1 aromatic heterocycles. The lowest BCUT2D eigenvalue weighted by Crippen LogP contribution is -1.78. The number of halogens is 2. The molecule has 0 fully saturated rings. The Morgan fingerprint density at radius 2 is 1.77 bits per heavy atom. The van der Waals surface area contributed by atoms with Gasteiger partial charge in [-0.05, 0) is 0 Å². The van der Waals surface area contributed by atoms with Gasteiger partial charge in [0.25, 0.3) is 5.95 Å². The molecule has 1 aromatic carbocycles. The summed E-state index contributed by atoms with van der Waals surface area (Å²) in [5.41, 5.74) is 0.658. The number of hydrogen-bond acceptors (Lipinski definition) is 1. The fraction of sp³-hybridized carbons (Fsp3) is 0. The van der Waals surface area contributed by atoms with E-state index < -0.39 is 11.9 Å². The highest BCUT2D eigenvalue weighted by molar-refractivity contribution is 5.54. The average molecular weight is 180 g/mol. The molecule has 0 aliphatic rings. The monoisotopic (exact) mass is 180 g/mol. The molecule has 0 aliphatic carbocycles. The molecule has 13 heavy (non-hydrogen) atoms. The van der Waals surface area contributed by atoms with Crippen LogP contribution in [0, 0.1) is 11.9 Å². The quantitative estimate of drug-likeness (QED) is 0.716. The second-order valence-corrected chi connectivity index (χ2v) is 2.56. The van der Waals surface area contributed by atoms with Crippen molar-refractivity contribution in [1.29, 1.82) is 0 Å². The zero-order chi connectivity index (χ0) is 9.26. The molecule has 0 radical (unpaired) electrons. The van der Waals surface area contributed by atoms with Crippen LogP contribution in [-0.2, 0) is 0 Å². The summed E-state index contributed by atoms with van der Waals surface area (Å²) in [6.07, 6.45) is 0. The van der Waals surface area contributed by atoms with E-state index in [1.165, 1.54) is 0 Å². The molecule has 2 nitrogen and oxygen atoms in total. The predicted octanol–water partition coefficient (Wildman–Crippen LogP) is 2.35. The van der Waals surface area contributed by atoms with E-state index in [0.29, 0.717) is 5.56 Å². The van der Waals surface area contributed by atoms with Gasteiger partial charge in [0.1, 0.15) is 5.82 Å². The van der Waals surface area contributed by atoms with Crippen LogP contribution in [-0.4, -0.2) is 9.97 Å². The van der Waals surface area contributed by atoms with Crippen molar-refractivity contribution in [2.24, 2.45) is 0 Å². The summed E-state index contributed by atoms with van der Waals surface area (Å²) in [5.74, 6) is -1.92. The minimum atomic E-state index is -1.10. The van der Waals surface area contributed by atoms with Gasteiger partial charge in [0.2, 0.25) is 5.95 Å². The summed E-state index contributed by atoms with van der Waals surface area (Å²) in [6, 6.07) is 8.80. The molecular formula is C9H6F2N2. The largest absolute Gasteiger partial charge is 0.312 e. The van der Waals surface area contributed by atoms with Gasteiger partial charge in [-0.1, -0.05) is 30.3 Å². The van der Waals surface area contributed by atoms with Crippen LogP contribution in [0.4, 0.5) is 8.78 Å². The van der Waals surface area contributed by atoms with Gasteiger partial charge >= 0.3 is 0 Å². The highest BCUT2D eigenvalue weighted by atomic mass is 19.2. The molecule has 0 unspecified atom stereocenters. The fourth-order valence-corrected chi connectivity index (χ4v) is 1.06. The standard InChI is InChI=1S/C9H6F2N2/c10-7-8(11)13-9(12-7)6-4-2-1-3-5-6/h1-5H,(H,12,13). The van der Waals surface area contributed by atoms with Gasteiger partial charge in [0.05, 0.1) is 0 Å². The highest BCUT2D eigenvalue weighted by Crippen LogP contribution is 2.15. The second kappa shape index (κ2) is 2.97. The number of nitrogens with zero attached hydrogens (tertiary/aromatic N) is 1. The average Bonchev–Trinajstić information content (AvgIpc) is 2.49. The van der Waals surface area contributed by atoms with Crippen molar-refractivity contribution in [2.75, 3.05) is 0 Å². The Balaban J connectivity index is 2.48. The number of rotatable bonds is 1. The lowest BCUT2D eigenvalue weighted by Gasteiger charge is -1.92. The first-order chi connectivity index (χ1) is 6.27. The summed E-state index contributed by atoms with van der Waals surface area (Å²) < 4.78 is 25.0. The van der Waals surface area contributed by atoms with Gasteiger partial charge in [-0.3, -0.25) is 0 Å². The molecule has 0 saturated heterocycles. The summed E-state index contributed by atoms with van der Waals surface area (Å²) in [4.78, 5) is 5.59. The van der Waals surface area contributed by atoms with Gasteiger partial charge < -0.3 is 4.98 Å². The Morgan fingerprint density at radius 3 is 2.31 bits per heavy atom. The van der Waals surface area contributed by atoms with Crippen molar-refractivity contribution in [3.8, 4) is 11.4 Å². The first kappa shape index (κ1) is 7.91. The molecule has 4 heteroatoms. The number of hydrogen-bond donors (Lipinski definition) is 1. The molecule has 0 bridgehead atoms. The van der Waals surface area contributed by atoms with Crippen molar-refractivity contribution < 1.29 is 8.78 Å². The minimum absolute atomic E-state index is 0.204. The van der Waals surface area contributed by atoms with Crippen molar-refractivity contribution in [3.05, 3.63) is 42.2 Å². The third-order valence-corrected chi connectivity index (χ3v) is 1.67. The highest BCUT2D eigenvalue weighted by Gasteiger charge is 2.09. The van der Waals surface area contributed by atoms with Gasteiger partial charge in [-0.15, -0.1) is 0 Å². The lowest BCUT2D eigenvalue weighted by molar-refractivity contribution is 0.475. The number of imidazole rings is 1. The third-order valence-electron chi connectivity index (χ3n) is 1.67. The maximum atomic E-state index is 12.5. The van der Waals surface area contributed by atoms with E-state index in [-0.39, 0.29) is 5.82 Å². The Bertz CT molecular complexity index is 389. The van der Waals surface area contributed by atoms with E-state index in [9.17, 15) is 8.78 Å². The lowest BCUT2D eigenvalue weighted by atomic mass is 10.2. The van der Waals surface area contributed by atoms with Gasteiger partial charge in [0.15, 0.2) is 0 Å². The van der Waals surface area contributed by atoms with Gasteiger partial charge in [-0.2, -0.15) is 13.8 Å². The molecule has 0 atom stereocenters. The van der Waals surface area contributed by atoms with Crippen LogP contribution >= 0.6 is 0 Å². The zero-order valence-electron chi connectivity index (χ0n) is 6.59. The van der Waals surface area contributed by atoms with E-state index >= 15 is 0 Å². The van der Waals surface area contributed by atoms with Crippen LogP contribution in [0.3, 0.4) is 0 Å². The van der Waals surface area contributed by atoms with Crippen LogP contribution in [0.25, 0.3) is 11.4 Å². The SMILES string of the molecule is Fc1nc(-c2ccccc2)[nH]c1F. The third kappa shape index (κ3) is 1.42. The van der Waals surface area contributed by atoms with Crippen molar-refractivity contribution >= 4 is 0 Å². The van der Waals surface area contributed by atoms with Gasteiger partial charge in [-0.25, -0.2) is 0 Å². The number of aromatic nitrogens is 2. The minimum Gasteiger partial charge on any atom is -0.312 e. The van der Waals surface area contributed by atoms with Crippen molar-refractivity contribution in [3.63, 3.8) is 0 Å². The fourth-order valence-electron chi connectivity index (χ4n) is 1.06. The first-order valence-electron chi connectivity index (χ1n) is 3.74. The number of H-pyrrole nitrogens is 1. The van der Waals surface area contributed by atoms with Crippen molar-refractivity contribution in [2.45, 2.75) is 0 Å². The molecule has 0 saturated carbocycles. The van der Waals surface area contributed by atoms with E-state index in [2.05, 4.69) is 9.97 Å². The molecular weight excluding hydrogens is 174 g/mol. The second-order valence-electron chi connectivity index (χ2n) is 2.56. The molecule has 1 heterocycles. The molecule has 2 rings (SSSR count). The topological polar surface area (TPSA) is 28.7 Å². The summed E-state index contributed by atoms with van der Waals surface area (Å²) in [6.45, 7) is 0. The van der Waals surface area contributed by atoms with E-state index in [1.54, 1.807) is 24.3 Å². The Morgan fingerprint density at radius 1 is 1.08 bits per heavy atom. The van der Waals surface area contributed by atoms with Crippen LogP contribution in [0.2, 0.25) is 0 Å². The zero-order valence-corrected chi connectivity index (χ0v) is 6.59. The van der Waals surface area contributed by atoms with Crippen LogP contribution in [0.1, 0.15) is 0 Å². The normalized spacial score (nSPS) is 10.3. The molecule has 0 amide bonds. The van der Waals surface area contributed by atoms with E-state index in [4.69, 9.17) is 0 Å². The van der Waals surface area contributed by atoms with Crippen LogP contribution < -0.4 is 0 Å². The Kier molecular flexibility index (Phi) is 1.81. The van der Waals surface area contributed by atoms with Crippen LogP contribution in [0.15, 0.2) is 30.3 Å². The van der Waals surface area contributed by atoms with E-state index in [1.807, 2.05) is 6.07 Å². The summed E-state index contributed by atoms with van der Waals surface area (Å²) >= 11 is 0. The maximum Gasteiger partial charge on any atom is 0.268 e. The number of benzene rings is 1. The molecule has 1 N–H and O–H groups in total. The summed E-state index contributed by atoms with van der Waals surface area (Å²) in [5, 5.41) is 0. The molecule has 0 spiro atoms. The Hall–Kier alpha value is -1.71. The summed E-state index contributed by atoms with van der Waals surface area (Å²) in [7, 11) is 0. The number of aromatic amines is 1. The molecule has 66 valence electrons. The predicted molar refractivity (Wildman–Crippen MR) is 43.9 cm³/mol. The Labute approximate surface area is 73.2 Å². The van der Waals surface area contributed by atoms with E-state index in [0.717, 1.165) is 0 Å². The molecule has 0 aliphatic heterocycles. The van der Waals surface area contributed by atoms with Crippen LogP contribution in [0.5, 0.6) is 0 Å². The smallest absolute Gasteiger partial charge is 0.268 e. The maximum absolute atomic E-state index is 12.5. The molecule has 2 aromatic rings. The number of nitrogens with one attached hydrogen (secondary N) is 1.